The fraction of sp³-hybridized carbons (Fsp3) is 0.438. The summed E-state index contributed by atoms with van der Waals surface area (Å²) in [6, 6.07) is 9.46. The maximum atomic E-state index is 12.7. The zero-order valence-electron chi connectivity index (χ0n) is 12.7. The Bertz CT molecular complexity index is 786. The molecule has 22 heavy (non-hydrogen) atoms. The summed E-state index contributed by atoms with van der Waals surface area (Å²) in [6.07, 6.45) is 2.51. The van der Waals surface area contributed by atoms with Gasteiger partial charge in [0.2, 0.25) is 10.0 Å². The molecule has 2 aromatic rings. The fourth-order valence-corrected chi connectivity index (χ4v) is 4.64. The molecule has 118 valence electrons. The molecule has 0 amide bonds. The van der Waals surface area contributed by atoms with Crippen molar-refractivity contribution in [2.45, 2.75) is 19.1 Å². The Morgan fingerprint density at radius 2 is 2.09 bits per heavy atom. The molecule has 6 heteroatoms. The number of fused-ring (bicyclic) bond motifs is 1. The summed E-state index contributed by atoms with van der Waals surface area (Å²) in [6.45, 7) is 3.61. The normalized spacial score (nSPS) is 23.2. The lowest BCUT2D eigenvalue weighted by Gasteiger charge is -2.22. The first kappa shape index (κ1) is 15.4. The van der Waals surface area contributed by atoms with Crippen LogP contribution in [-0.2, 0) is 15.8 Å². The van der Waals surface area contributed by atoms with Crippen molar-refractivity contribution in [2.24, 2.45) is 11.1 Å². The van der Waals surface area contributed by atoms with Crippen LogP contribution in [0.2, 0.25) is 0 Å². The van der Waals surface area contributed by atoms with Gasteiger partial charge in [0.1, 0.15) is 0 Å². The maximum Gasteiger partial charge on any atom is 0.218 e. The molecule has 1 aromatic carbocycles. The van der Waals surface area contributed by atoms with Crippen LogP contribution in [0.25, 0.3) is 10.9 Å². The van der Waals surface area contributed by atoms with E-state index < -0.39 is 10.0 Å². The van der Waals surface area contributed by atoms with Crippen molar-refractivity contribution < 1.29 is 8.42 Å². The van der Waals surface area contributed by atoms with Crippen LogP contribution in [0.3, 0.4) is 0 Å². The van der Waals surface area contributed by atoms with Crippen LogP contribution in [-0.4, -0.2) is 37.3 Å². The van der Waals surface area contributed by atoms with E-state index in [1.165, 1.54) is 0 Å². The highest BCUT2D eigenvalue weighted by molar-refractivity contribution is 7.88. The number of aromatic nitrogens is 1. The largest absolute Gasteiger partial charge is 0.330 e. The van der Waals surface area contributed by atoms with Crippen molar-refractivity contribution in [3.05, 3.63) is 42.1 Å². The summed E-state index contributed by atoms with van der Waals surface area (Å²) in [5.41, 5.74) is 7.17. The van der Waals surface area contributed by atoms with Gasteiger partial charge in [0.15, 0.2) is 0 Å². The van der Waals surface area contributed by atoms with Gasteiger partial charge in [0, 0.05) is 24.7 Å². The molecule has 5 nitrogen and oxygen atoms in total. The molecule has 1 aromatic heterocycles. The molecule has 1 saturated heterocycles. The van der Waals surface area contributed by atoms with Gasteiger partial charge in [0.25, 0.3) is 0 Å². The van der Waals surface area contributed by atoms with Crippen molar-refractivity contribution in [2.75, 3.05) is 19.6 Å². The van der Waals surface area contributed by atoms with Gasteiger partial charge < -0.3 is 5.73 Å². The first-order chi connectivity index (χ1) is 10.4. The predicted molar refractivity (Wildman–Crippen MR) is 87.7 cm³/mol. The molecular weight excluding hydrogens is 298 g/mol. The number of hydrogen-bond donors (Lipinski definition) is 1. The standard InChI is InChI=1S/C16H21N3O2S/c1-16(11-17)7-9-19(12-16)22(20,21)10-14-5-2-4-13-6-3-8-18-15(13)14/h2-6,8H,7,9-12,17H2,1H3. The summed E-state index contributed by atoms with van der Waals surface area (Å²) < 4.78 is 27.0. The third-order valence-corrected chi connectivity index (χ3v) is 6.24. The van der Waals surface area contributed by atoms with E-state index in [2.05, 4.69) is 4.98 Å². The zero-order valence-corrected chi connectivity index (χ0v) is 13.5. The summed E-state index contributed by atoms with van der Waals surface area (Å²) >= 11 is 0. The number of sulfonamides is 1. The van der Waals surface area contributed by atoms with E-state index in [0.29, 0.717) is 19.6 Å². The summed E-state index contributed by atoms with van der Waals surface area (Å²) in [5, 5.41) is 0.961. The minimum atomic E-state index is -3.35. The van der Waals surface area contributed by atoms with Gasteiger partial charge in [-0.05, 0) is 30.0 Å². The van der Waals surface area contributed by atoms with Gasteiger partial charge in [-0.15, -0.1) is 0 Å². The monoisotopic (exact) mass is 319 g/mol. The van der Waals surface area contributed by atoms with Crippen molar-refractivity contribution in [1.82, 2.24) is 9.29 Å². The van der Waals surface area contributed by atoms with Crippen molar-refractivity contribution in [3.63, 3.8) is 0 Å². The van der Waals surface area contributed by atoms with E-state index in [4.69, 9.17) is 5.73 Å². The summed E-state index contributed by atoms with van der Waals surface area (Å²) in [7, 11) is -3.35. The van der Waals surface area contributed by atoms with Crippen LogP contribution < -0.4 is 5.73 Å². The minimum absolute atomic E-state index is 0.0119. The Morgan fingerprint density at radius 1 is 1.32 bits per heavy atom. The molecule has 2 N–H and O–H groups in total. The number of nitrogens with two attached hydrogens (primary N) is 1. The smallest absolute Gasteiger partial charge is 0.218 e. The van der Waals surface area contributed by atoms with Crippen LogP contribution in [0.4, 0.5) is 0 Å². The molecular formula is C16H21N3O2S. The summed E-state index contributed by atoms with van der Waals surface area (Å²) in [5.74, 6) is -0.0119. The Balaban J connectivity index is 1.88. The topological polar surface area (TPSA) is 76.3 Å². The maximum absolute atomic E-state index is 12.7. The third-order valence-electron chi connectivity index (χ3n) is 4.46. The molecule has 0 aliphatic carbocycles. The third kappa shape index (κ3) is 2.86. The fourth-order valence-electron chi connectivity index (χ4n) is 2.95. The Labute approximate surface area is 131 Å². The average molecular weight is 319 g/mol. The van der Waals surface area contributed by atoms with E-state index >= 15 is 0 Å². The number of rotatable bonds is 4. The van der Waals surface area contributed by atoms with Crippen LogP contribution in [0.15, 0.2) is 36.5 Å². The van der Waals surface area contributed by atoms with E-state index in [0.717, 1.165) is 22.9 Å². The lowest BCUT2D eigenvalue weighted by Crippen LogP contribution is -2.35. The van der Waals surface area contributed by atoms with Gasteiger partial charge in [-0.3, -0.25) is 4.98 Å². The second-order valence-corrected chi connectivity index (χ2v) is 8.32. The molecule has 1 unspecified atom stereocenters. The molecule has 1 aliphatic rings. The Hall–Kier alpha value is -1.50. The molecule has 1 atom stereocenters. The molecule has 1 aliphatic heterocycles. The van der Waals surface area contributed by atoms with Crippen LogP contribution in [0, 0.1) is 5.41 Å². The summed E-state index contributed by atoms with van der Waals surface area (Å²) in [4.78, 5) is 4.33. The average Bonchev–Trinajstić information content (AvgIpc) is 2.92. The van der Waals surface area contributed by atoms with Crippen LogP contribution >= 0.6 is 0 Å². The second kappa shape index (κ2) is 5.61. The predicted octanol–water partition coefficient (Wildman–Crippen LogP) is 1.74. The van der Waals surface area contributed by atoms with Gasteiger partial charge in [-0.2, -0.15) is 0 Å². The number of hydrogen-bond acceptors (Lipinski definition) is 4. The molecule has 0 saturated carbocycles. The number of pyridine rings is 1. The van der Waals surface area contributed by atoms with Crippen LogP contribution in [0.5, 0.6) is 0 Å². The van der Waals surface area contributed by atoms with E-state index in [1.54, 1.807) is 10.5 Å². The van der Waals surface area contributed by atoms with Gasteiger partial charge in [-0.25, -0.2) is 12.7 Å². The number of para-hydroxylation sites is 1. The molecule has 3 rings (SSSR count). The number of nitrogens with zero attached hydrogens (tertiary/aromatic N) is 2. The van der Waals surface area contributed by atoms with Gasteiger partial charge in [0.05, 0.1) is 11.3 Å². The quantitative estimate of drug-likeness (QED) is 0.931. The lowest BCUT2D eigenvalue weighted by atomic mass is 9.90. The first-order valence-corrected chi connectivity index (χ1v) is 9.05. The molecule has 0 bridgehead atoms. The molecule has 2 heterocycles. The highest BCUT2D eigenvalue weighted by atomic mass is 32.2. The molecule has 0 spiro atoms. The molecule has 1 fully saturated rings. The van der Waals surface area contributed by atoms with Gasteiger partial charge in [-0.1, -0.05) is 31.2 Å². The second-order valence-electron chi connectivity index (χ2n) is 6.35. The number of benzene rings is 1. The van der Waals surface area contributed by atoms with Crippen molar-refractivity contribution in [1.29, 1.82) is 0 Å². The van der Waals surface area contributed by atoms with Gasteiger partial charge >= 0.3 is 0 Å². The van der Waals surface area contributed by atoms with E-state index in [1.807, 2.05) is 37.3 Å². The first-order valence-electron chi connectivity index (χ1n) is 7.44. The minimum Gasteiger partial charge on any atom is -0.330 e. The SMILES string of the molecule is CC1(CN)CCN(S(=O)(=O)Cc2cccc3cccnc23)C1. The zero-order chi connectivity index (χ0) is 15.8. The van der Waals surface area contributed by atoms with E-state index in [-0.39, 0.29) is 11.2 Å². The highest BCUT2D eigenvalue weighted by Gasteiger charge is 2.38. The van der Waals surface area contributed by atoms with Crippen LogP contribution in [0.1, 0.15) is 18.9 Å². The van der Waals surface area contributed by atoms with Crippen molar-refractivity contribution in [3.8, 4) is 0 Å². The Morgan fingerprint density at radius 3 is 2.82 bits per heavy atom. The Kier molecular flexibility index (Phi) is 3.92. The lowest BCUT2D eigenvalue weighted by molar-refractivity contribution is 0.349. The molecule has 0 radical (unpaired) electrons. The van der Waals surface area contributed by atoms with E-state index in [9.17, 15) is 8.42 Å². The highest BCUT2D eigenvalue weighted by Crippen LogP contribution is 2.31. The van der Waals surface area contributed by atoms with Crippen molar-refractivity contribution >= 4 is 20.9 Å².